The summed E-state index contributed by atoms with van der Waals surface area (Å²) in [5.41, 5.74) is 3.19. The van der Waals surface area contributed by atoms with E-state index in [1.54, 1.807) is 17.7 Å². The number of aromatic nitrogens is 5. The molecule has 5 rings (SSSR count). The standard InChI is InChI=1S/C16H14N6S/c1-10-8-23-14-13(10)17-9-18-16(14)21-6-11(7-21)15-20-19-12-4-2-3-5-22(12)15/h2-5,8-9,11H,6-7H2,1H3. The third-order valence-electron chi connectivity index (χ3n) is 4.40. The summed E-state index contributed by atoms with van der Waals surface area (Å²) in [6.07, 6.45) is 3.69. The minimum Gasteiger partial charge on any atom is -0.354 e. The topological polar surface area (TPSA) is 59.2 Å². The molecule has 0 aliphatic carbocycles. The summed E-state index contributed by atoms with van der Waals surface area (Å²) in [7, 11) is 0. The van der Waals surface area contributed by atoms with Gasteiger partial charge in [0.15, 0.2) is 5.65 Å². The van der Waals surface area contributed by atoms with Crippen molar-refractivity contribution < 1.29 is 0 Å². The number of fused-ring (bicyclic) bond motifs is 2. The van der Waals surface area contributed by atoms with E-state index in [9.17, 15) is 0 Å². The van der Waals surface area contributed by atoms with Gasteiger partial charge in [-0.2, -0.15) is 0 Å². The zero-order valence-electron chi connectivity index (χ0n) is 12.5. The number of rotatable bonds is 2. The van der Waals surface area contributed by atoms with Gasteiger partial charge in [0.1, 0.15) is 18.0 Å². The molecule has 0 atom stereocenters. The lowest BCUT2D eigenvalue weighted by atomic mass is 9.99. The summed E-state index contributed by atoms with van der Waals surface area (Å²) in [5.74, 6) is 2.46. The molecular formula is C16H14N6S. The number of nitrogens with zero attached hydrogens (tertiary/aromatic N) is 6. The molecular weight excluding hydrogens is 308 g/mol. The third-order valence-corrected chi connectivity index (χ3v) is 5.48. The first kappa shape index (κ1) is 13.0. The maximum atomic E-state index is 4.50. The maximum Gasteiger partial charge on any atom is 0.160 e. The highest BCUT2D eigenvalue weighted by atomic mass is 32.1. The third kappa shape index (κ3) is 1.86. The van der Waals surface area contributed by atoms with Crippen molar-refractivity contribution in [2.45, 2.75) is 12.8 Å². The molecule has 5 heterocycles. The number of anilines is 1. The molecule has 0 amide bonds. The van der Waals surface area contributed by atoms with Gasteiger partial charge in [0, 0.05) is 19.3 Å². The van der Waals surface area contributed by atoms with Gasteiger partial charge in [0.05, 0.1) is 16.1 Å². The van der Waals surface area contributed by atoms with Crippen molar-refractivity contribution in [1.82, 2.24) is 24.6 Å². The van der Waals surface area contributed by atoms with Crippen molar-refractivity contribution >= 4 is 33.0 Å². The Labute approximate surface area is 136 Å². The Bertz CT molecular complexity index is 1010. The first-order valence-electron chi connectivity index (χ1n) is 7.54. The van der Waals surface area contributed by atoms with Gasteiger partial charge in [-0.05, 0) is 30.0 Å². The van der Waals surface area contributed by atoms with Crippen LogP contribution in [0.4, 0.5) is 5.82 Å². The molecule has 0 aromatic carbocycles. The zero-order chi connectivity index (χ0) is 15.4. The molecule has 0 N–H and O–H groups in total. The highest BCUT2D eigenvalue weighted by Gasteiger charge is 2.33. The van der Waals surface area contributed by atoms with Crippen LogP contribution in [0, 0.1) is 6.92 Å². The number of pyridine rings is 1. The molecule has 0 unspecified atom stereocenters. The summed E-state index contributed by atoms with van der Waals surface area (Å²) >= 11 is 1.72. The molecule has 6 nitrogen and oxygen atoms in total. The van der Waals surface area contributed by atoms with Gasteiger partial charge in [-0.3, -0.25) is 4.40 Å². The SMILES string of the molecule is Cc1csc2c(N3CC(c4nnc5ccccn45)C3)ncnc12. The molecule has 1 aliphatic heterocycles. The maximum absolute atomic E-state index is 4.50. The van der Waals surface area contributed by atoms with Crippen LogP contribution in [0.1, 0.15) is 17.3 Å². The lowest BCUT2D eigenvalue weighted by Crippen LogP contribution is -2.46. The van der Waals surface area contributed by atoms with E-state index in [0.29, 0.717) is 5.92 Å². The number of thiophene rings is 1. The lowest BCUT2D eigenvalue weighted by Gasteiger charge is -2.39. The van der Waals surface area contributed by atoms with Crippen LogP contribution in [-0.2, 0) is 0 Å². The molecule has 1 fully saturated rings. The Hall–Kier alpha value is -2.54. The van der Waals surface area contributed by atoms with Crippen LogP contribution in [0.15, 0.2) is 36.1 Å². The molecule has 1 aliphatic rings. The van der Waals surface area contributed by atoms with Crippen LogP contribution in [-0.4, -0.2) is 37.7 Å². The van der Waals surface area contributed by atoms with E-state index in [1.807, 2.05) is 24.4 Å². The smallest absolute Gasteiger partial charge is 0.160 e. The van der Waals surface area contributed by atoms with E-state index in [2.05, 4.69) is 41.8 Å². The van der Waals surface area contributed by atoms with Gasteiger partial charge in [-0.1, -0.05) is 6.07 Å². The Morgan fingerprint density at radius 3 is 3.00 bits per heavy atom. The molecule has 0 bridgehead atoms. The average Bonchev–Trinajstić information content (AvgIpc) is 3.12. The van der Waals surface area contributed by atoms with Gasteiger partial charge in [0.2, 0.25) is 0 Å². The van der Waals surface area contributed by atoms with Crippen LogP contribution in [0.2, 0.25) is 0 Å². The van der Waals surface area contributed by atoms with Crippen molar-refractivity contribution in [1.29, 1.82) is 0 Å². The molecule has 23 heavy (non-hydrogen) atoms. The molecule has 114 valence electrons. The van der Waals surface area contributed by atoms with E-state index in [0.717, 1.165) is 35.9 Å². The minimum absolute atomic E-state index is 0.387. The van der Waals surface area contributed by atoms with Crippen molar-refractivity contribution in [2.75, 3.05) is 18.0 Å². The summed E-state index contributed by atoms with van der Waals surface area (Å²) in [6.45, 7) is 3.92. The normalized spacial score (nSPS) is 15.4. The van der Waals surface area contributed by atoms with Gasteiger partial charge in [-0.15, -0.1) is 21.5 Å². The molecule has 7 heteroatoms. The monoisotopic (exact) mass is 322 g/mol. The van der Waals surface area contributed by atoms with E-state index >= 15 is 0 Å². The second-order valence-corrected chi connectivity index (χ2v) is 6.76. The first-order chi connectivity index (χ1) is 11.3. The fourth-order valence-electron chi connectivity index (χ4n) is 3.14. The Kier molecular flexibility index (Phi) is 2.66. The van der Waals surface area contributed by atoms with Crippen molar-refractivity contribution in [2.24, 2.45) is 0 Å². The van der Waals surface area contributed by atoms with Crippen molar-refractivity contribution in [3.63, 3.8) is 0 Å². The minimum atomic E-state index is 0.387. The van der Waals surface area contributed by atoms with Gasteiger partial charge >= 0.3 is 0 Å². The van der Waals surface area contributed by atoms with Crippen molar-refractivity contribution in [3.05, 3.63) is 47.5 Å². The summed E-state index contributed by atoms with van der Waals surface area (Å²) < 4.78 is 3.25. The fourth-order valence-corrected chi connectivity index (χ4v) is 4.15. The van der Waals surface area contributed by atoms with Crippen LogP contribution in [0.3, 0.4) is 0 Å². The lowest BCUT2D eigenvalue weighted by molar-refractivity contribution is 0.494. The average molecular weight is 322 g/mol. The van der Waals surface area contributed by atoms with Crippen LogP contribution in [0.5, 0.6) is 0 Å². The largest absolute Gasteiger partial charge is 0.354 e. The zero-order valence-corrected chi connectivity index (χ0v) is 13.4. The molecule has 4 aromatic rings. The van der Waals surface area contributed by atoms with Crippen LogP contribution >= 0.6 is 11.3 Å². The van der Waals surface area contributed by atoms with E-state index in [-0.39, 0.29) is 0 Å². The Balaban J connectivity index is 1.46. The second-order valence-electron chi connectivity index (χ2n) is 5.88. The molecule has 0 radical (unpaired) electrons. The molecule has 4 aromatic heterocycles. The first-order valence-corrected chi connectivity index (χ1v) is 8.42. The Morgan fingerprint density at radius 1 is 1.17 bits per heavy atom. The number of hydrogen-bond acceptors (Lipinski definition) is 6. The van der Waals surface area contributed by atoms with E-state index in [4.69, 9.17) is 0 Å². The van der Waals surface area contributed by atoms with E-state index < -0.39 is 0 Å². The quantitative estimate of drug-likeness (QED) is 0.568. The van der Waals surface area contributed by atoms with Crippen molar-refractivity contribution in [3.8, 4) is 0 Å². The van der Waals surface area contributed by atoms with Gasteiger partial charge in [-0.25, -0.2) is 9.97 Å². The van der Waals surface area contributed by atoms with Crippen LogP contribution in [0.25, 0.3) is 15.9 Å². The van der Waals surface area contributed by atoms with Gasteiger partial charge in [0.25, 0.3) is 0 Å². The number of aryl methyl sites for hydroxylation is 1. The highest BCUT2D eigenvalue weighted by molar-refractivity contribution is 7.18. The van der Waals surface area contributed by atoms with Gasteiger partial charge < -0.3 is 4.90 Å². The second kappa shape index (κ2) is 4.73. The summed E-state index contributed by atoms with van der Waals surface area (Å²) in [6, 6.07) is 5.98. The number of hydrogen-bond donors (Lipinski definition) is 0. The highest BCUT2D eigenvalue weighted by Crippen LogP contribution is 2.36. The molecule has 0 spiro atoms. The predicted octanol–water partition coefficient (Wildman–Crippen LogP) is 2.65. The summed E-state index contributed by atoms with van der Waals surface area (Å²) in [5, 5.41) is 10.8. The van der Waals surface area contributed by atoms with Crippen LogP contribution < -0.4 is 4.90 Å². The van der Waals surface area contributed by atoms with E-state index in [1.165, 1.54) is 10.3 Å². The molecule has 0 saturated carbocycles. The summed E-state index contributed by atoms with van der Waals surface area (Å²) in [4.78, 5) is 11.2. The molecule has 1 saturated heterocycles. The fraction of sp³-hybridized carbons (Fsp3) is 0.250. The predicted molar refractivity (Wildman–Crippen MR) is 90.1 cm³/mol. The Morgan fingerprint density at radius 2 is 2.09 bits per heavy atom.